The highest BCUT2D eigenvalue weighted by atomic mass is 32.2. The molecule has 6 heteroatoms. The van der Waals surface area contributed by atoms with Crippen LogP contribution in [0.5, 0.6) is 5.75 Å². The molecule has 0 radical (unpaired) electrons. The highest BCUT2D eigenvalue weighted by Gasteiger charge is 2.44. The maximum atomic E-state index is 10.5. The molecule has 2 aliphatic heterocycles. The first kappa shape index (κ1) is 19.7. The van der Waals surface area contributed by atoms with Crippen LogP contribution in [-0.4, -0.2) is 51.9 Å². The predicted molar refractivity (Wildman–Crippen MR) is 109 cm³/mol. The Bertz CT molecular complexity index is 853. The van der Waals surface area contributed by atoms with Gasteiger partial charge in [-0.2, -0.15) is 0 Å². The Morgan fingerprint density at radius 2 is 1.86 bits per heavy atom. The molecule has 4 rings (SSSR count). The topological polar surface area (TPSA) is 79.2 Å². The molecule has 2 heterocycles. The lowest BCUT2D eigenvalue weighted by Crippen LogP contribution is -2.52. The van der Waals surface area contributed by atoms with Crippen LogP contribution in [0.4, 0.5) is 0 Å². The molecule has 0 bridgehead atoms. The van der Waals surface area contributed by atoms with Gasteiger partial charge in [0.2, 0.25) is 0 Å². The lowest BCUT2D eigenvalue weighted by Gasteiger charge is -2.40. The fourth-order valence-electron chi connectivity index (χ4n) is 3.95. The number of ether oxygens (including phenoxy) is 2. The maximum absolute atomic E-state index is 10.5. The van der Waals surface area contributed by atoms with Crippen molar-refractivity contribution in [3.05, 3.63) is 64.2 Å². The summed E-state index contributed by atoms with van der Waals surface area (Å²) in [5, 5.41) is 30.8. The van der Waals surface area contributed by atoms with Gasteiger partial charge < -0.3 is 24.8 Å². The molecule has 0 unspecified atom stereocenters. The van der Waals surface area contributed by atoms with Gasteiger partial charge in [0.15, 0.2) is 0 Å². The van der Waals surface area contributed by atoms with E-state index in [2.05, 4.69) is 19.1 Å². The normalized spacial score (nSPS) is 29.4. The Morgan fingerprint density at radius 1 is 1.04 bits per heavy atom. The molecule has 5 nitrogen and oxygen atoms in total. The number of hydrogen-bond acceptors (Lipinski definition) is 6. The Balaban J connectivity index is 1.60. The second-order valence-corrected chi connectivity index (χ2v) is 8.47. The summed E-state index contributed by atoms with van der Waals surface area (Å²) < 4.78 is 11.5. The second kappa shape index (κ2) is 8.05. The summed E-state index contributed by atoms with van der Waals surface area (Å²) in [5.74, 6) is 0.976. The third-order valence-corrected chi connectivity index (χ3v) is 6.51. The SMILES string of the molecule is CS[C@H]1O[C@@H](c2ccc(C)c(Cc3ccc4c(c3)CCO4)c2)[C@H](O)[C@@H](O)[C@@H]1O. The largest absolute Gasteiger partial charge is 0.493 e. The number of fused-ring (bicyclic) bond motifs is 1. The highest BCUT2D eigenvalue weighted by molar-refractivity contribution is 7.99. The molecule has 0 aromatic heterocycles. The van der Waals surface area contributed by atoms with Gasteiger partial charge in [0, 0.05) is 6.42 Å². The van der Waals surface area contributed by atoms with E-state index in [-0.39, 0.29) is 0 Å². The van der Waals surface area contributed by atoms with Crippen molar-refractivity contribution in [3.63, 3.8) is 0 Å². The molecule has 5 atom stereocenters. The number of rotatable bonds is 4. The van der Waals surface area contributed by atoms with Crippen LogP contribution in [0.25, 0.3) is 0 Å². The third-order valence-electron chi connectivity index (χ3n) is 5.65. The number of aliphatic hydroxyl groups excluding tert-OH is 3. The number of hydrogen-bond donors (Lipinski definition) is 3. The van der Waals surface area contributed by atoms with Crippen LogP contribution in [0.15, 0.2) is 36.4 Å². The molecular weight excluding hydrogens is 376 g/mol. The lowest BCUT2D eigenvalue weighted by molar-refractivity contribution is -0.200. The molecule has 2 aromatic rings. The van der Waals surface area contributed by atoms with E-state index in [1.165, 1.54) is 22.9 Å². The minimum Gasteiger partial charge on any atom is -0.493 e. The monoisotopic (exact) mass is 402 g/mol. The van der Waals surface area contributed by atoms with Crippen LogP contribution < -0.4 is 4.74 Å². The number of thioether (sulfide) groups is 1. The van der Waals surface area contributed by atoms with Crippen molar-refractivity contribution in [2.24, 2.45) is 0 Å². The van der Waals surface area contributed by atoms with Crippen molar-refractivity contribution < 1.29 is 24.8 Å². The van der Waals surface area contributed by atoms with Crippen LogP contribution in [-0.2, 0) is 17.6 Å². The fourth-order valence-corrected chi connectivity index (χ4v) is 4.62. The van der Waals surface area contributed by atoms with Gasteiger partial charge in [-0.3, -0.25) is 0 Å². The van der Waals surface area contributed by atoms with Crippen molar-refractivity contribution in [2.45, 2.75) is 49.6 Å². The molecular formula is C22H26O5S. The minimum absolute atomic E-state index is 0.579. The van der Waals surface area contributed by atoms with Crippen molar-refractivity contribution >= 4 is 11.8 Å². The Kier molecular flexibility index (Phi) is 5.67. The molecule has 150 valence electrons. The summed E-state index contributed by atoms with van der Waals surface area (Å²) in [5.41, 5.74) is 5.00. The van der Waals surface area contributed by atoms with Crippen LogP contribution in [0.2, 0.25) is 0 Å². The Hall–Kier alpha value is -1.57. The van der Waals surface area contributed by atoms with E-state index in [1.807, 2.05) is 30.5 Å². The number of aliphatic hydroxyl groups is 3. The Morgan fingerprint density at radius 3 is 2.64 bits per heavy atom. The van der Waals surface area contributed by atoms with E-state index >= 15 is 0 Å². The van der Waals surface area contributed by atoms with Gasteiger partial charge in [-0.25, -0.2) is 0 Å². The number of benzene rings is 2. The van der Waals surface area contributed by atoms with Crippen LogP contribution in [0.1, 0.15) is 33.9 Å². The molecule has 1 saturated heterocycles. The van der Waals surface area contributed by atoms with Gasteiger partial charge in [0.25, 0.3) is 0 Å². The average Bonchev–Trinajstić information content (AvgIpc) is 3.16. The van der Waals surface area contributed by atoms with Gasteiger partial charge >= 0.3 is 0 Å². The molecule has 0 saturated carbocycles. The lowest BCUT2D eigenvalue weighted by atomic mass is 9.91. The smallest absolute Gasteiger partial charge is 0.132 e. The van der Waals surface area contributed by atoms with Gasteiger partial charge in [-0.05, 0) is 53.5 Å². The van der Waals surface area contributed by atoms with Gasteiger partial charge in [0.1, 0.15) is 35.6 Å². The van der Waals surface area contributed by atoms with Crippen molar-refractivity contribution in [3.8, 4) is 5.75 Å². The van der Waals surface area contributed by atoms with E-state index in [1.54, 1.807) is 0 Å². The van der Waals surface area contributed by atoms with Gasteiger partial charge in [-0.1, -0.05) is 30.3 Å². The van der Waals surface area contributed by atoms with Gasteiger partial charge in [0.05, 0.1) is 6.61 Å². The molecule has 1 fully saturated rings. The molecule has 28 heavy (non-hydrogen) atoms. The first-order chi connectivity index (χ1) is 13.5. The zero-order chi connectivity index (χ0) is 19.8. The average molecular weight is 403 g/mol. The van der Waals surface area contributed by atoms with Crippen molar-refractivity contribution in [1.82, 2.24) is 0 Å². The molecule has 0 aliphatic carbocycles. The standard InChI is InChI=1S/C22H26O5S/c1-12-3-5-15(21-19(24)18(23)20(25)22(27-21)28-2)11-16(12)10-13-4-6-17-14(9-13)7-8-26-17/h3-6,9,11,18-25H,7-8,10H2,1-2H3/t18-,19-,20+,21+,22-/m1/s1. The third kappa shape index (κ3) is 3.67. The fraction of sp³-hybridized carbons (Fsp3) is 0.455. The molecule has 0 amide bonds. The summed E-state index contributed by atoms with van der Waals surface area (Å²) in [6.07, 6.45) is -0.673. The van der Waals surface area contributed by atoms with Crippen LogP contribution >= 0.6 is 11.8 Å². The minimum atomic E-state index is -1.24. The summed E-state index contributed by atoms with van der Waals surface area (Å²) >= 11 is 1.32. The zero-order valence-corrected chi connectivity index (χ0v) is 16.9. The Labute approximate surface area is 169 Å². The van der Waals surface area contributed by atoms with Crippen LogP contribution in [0, 0.1) is 6.92 Å². The first-order valence-corrected chi connectivity index (χ1v) is 10.8. The van der Waals surface area contributed by atoms with E-state index in [4.69, 9.17) is 9.47 Å². The van der Waals surface area contributed by atoms with E-state index < -0.39 is 29.9 Å². The van der Waals surface area contributed by atoms with Crippen LogP contribution in [0.3, 0.4) is 0 Å². The van der Waals surface area contributed by atoms with Crippen molar-refractivity contribution in [1.29, 1.82) is 0 Å². The second-order valence-electron chi connectivity index (χ2n) is 7.54. The van der Waals surface area contributed by atoms with Gasteiger partial charge in [-0.15, -0.1) is 11.8 Å². The summed E-state index contributed by atoms with van der Waals surface area (Å²) in [6.45, 7) is 2.81. The summed E-state index contributed by atoms with van der Waals surface area (Å²) in [6, 6.07) is 12.3. The molecule has 2 aromatic carbocycles. The molecule has 2 aliphatic rings. The van der Waals surface area contributed by atoms with E-state index in [0.29, 0.717) is 0 Å². The van der Waals surface area contributed by atoms with E-state index in [9.17, 15) is 15.3 Å². The molecule has 3 N–H and O–H groups in total. The molecule has 0 spiro atoms. The maximum Gasteiger partial charge on any atom is 0.132 e. The van der Waals surface area contributed by atoms with Crippen molar-refractivity contribution in [2.75, 3.05) is 12.9 Å². The predicted octanol–water partition coefficient (Wildman–Crippen LogP) is 2.36. The first-order valence-electron chi connectivity index (χ1n) is 9.54. The highest BCUT2D eigenvalue weighted by Crippen LogP contribution is 2.36. The zero-order valence-electron chi connectivity index (χ0n) is 16.0. The summed E-state index contributed by atoms with van der Waals surface area (Å²) in [4.78, 5) is 0. The number of aryl methyl sites for hydroxylation is 1. The quantitative estimate of drug-likeness (QED) is 0.729. The van der Waals surface area contributed by atoms with E-state index in [0.717, 1.165) is 41.9 Å². The summed E-state index contributed by atoms with van der Waals surface area (Å²) in [7, 11) is 0.